The fraction of sp³-hybridized carbons (Fsp3) is 0.231. The predicted molar refractivity (Wildman–Crippen MR) is 117 cm³/mol. The van der Waals surface area contributed by atoms with E-state index < -0.39 is 5.54 Å². The van der Waals surface area contributed by atoms with Gasteiger partial charge in [0.2, 0.25) is 0 Å². The topological polar surface area (TPSA) is 44.5 Å². The Balaban J connectivity index is 1.41. The van der Waals surface area contributed by atoms with Crippen LogP contribution in [0.5, 0.6) is 17.2 Å². The van der Waals surface area contributed by atoms with Crippen molar-refractivity contribution in [2.45, 2.75) is 37.8 Å². The van der Waals surface area contributed by atoms with Crippen LogP contribution in [0.1, 0.15) is 31.7 Å². The van der Waals surface area contributed by atoms with Crippen LogP contribution in [0.15, 0.2) is 96.6 Å². The Kier molecular flexibility index (Phi) is 5.68. The third-order valence-electron chi connectivity index (χ3n) is 5.51. The van der Waals surface area contributed by atoms with E-state index in [0.717, 1.165) is 42.1 Å². The zero-order valence-electron chi connectivity index (χ0n) is 16.8. The third-order valence-corrected chi connectivity index (χ3v) is 5.51. The summed E-state index contributed by atoms with van der Waals surface area (Å²) in [7, 11) is 0. The highest BCUT2D eigenvalue weighted by atomic mass is 16.5. The molecule has 4 rings (SSSR count). The summed E-state index contributed by atoms with van der Waals surface area (Å²) < 4.78 is 12.0. The lowest BCUT2D eigenvalue weighted by molar-refractivity contribution is 0.185. The maximum atomic E-state index is 6.76. The van der Waals surface area contributed by atoms with E-state index in [0.29, 0.717) is 0 Å². The van der Waals surface area contributed by atoms with Gasteiger partial charge in [-0.05, 0) is 67.3 Å². The Hall–Kier alpha value is -3.04. The molecule has 3 heteroatoms. The van der Waals surface area contributed by atoms with Crippen LogP contribution < -0.4 is 15.2 Å². The van der Waals surface area contributed by atoms with Crippen molar-refractivity contribution in [3.05, 3.63) is 102 Å². The third kappa shape index (κ3) is 4.69. The van der Waals surface area contributed by atoms with Crippen molar-refractivity contribution in [3.8, 4) is 17.2 Å². The van der Waals surface area contributed by atoms with Gasteiger partial charge in [-0.3, -0.25) is 0 Å². The molecule has 0 aromatic heterocycles. The normalized spacial score (nSPS) is 18.4. The van der Waals surface area contributed by atoms with E-state index in [1.54, 1.807) is 0 Å². The van der Waals surface area contributed by atoms with Gasteiger partial charge in [-0.2, -0.15) is 0 Å². The minimum absolute atomic E-state index is 0.207. The van der Waals surface area contributed by atoms with Gasteiger partial charge in [0.1, 0.15) is 23.4 Å². The van der Waals surface area contributed by atoms with E-state index in [1.165, 1.54) is 5.57 Å². The lowest BCUT2D eigenvalue weighted by atomic mass is 9.79. The molecular formula is C26H27NO2. The Bertz CT molecular complexity index is 947. The second-order valence-corrected chi connectivity index (χ2v) is 7.70. The summed E-state index contributed by atoms with van der Waals surface area (Å²) in [5, 5.41) is 0. The zero-order valence-corrected chi connectivity index (χ0v) is 16.8. The fourth-order valence-corrected chi connectivity index (χ4v) is 3.76. The molecule has 148 valence electrons. The van der Waals surface area contributed by atoms with Crippen LogP contribution in [0.2, 0.25) is 0 Å². The molecule has 2 unspecified atom stereocenters. The molecule has 29 heavy (non-hydrogen) atoms. The lowest BCUT2D eigenvalue weighted by Gasteiger charge is -2.33. The second kappa shape index (κ2) is 8.54. The number of benzene rings is 3. The molecule has 3 aromatic rings. The first kappa shape index (κ1) is 19.3. The first-order valence-corrected chi connectivity index (χ1v) is 10.1. The van der Waals surface area contributed by atoms with Gasteiger partial charge in [0.15, 0.2) is 0 Å². The van der Waals surface area contributed by atoms with Crippen molar-refractivity contribution in [1.82, 2.24) is 0 Å². The summed E-state index contributed by atoms with van der Waals surface area (Å²) in [6.07, 6.45) is 5.26. The van der Waals surface area contributed by atoms with Crippen molar-refractivity contribution < 1.29 is 9.47 Å². The van der Waals surface area contributed by atoms with E-state index in [2.05, 4.69) is 25.1 Å². The fourth-order valence-electron chi connectivity index (χ4n) is 3.76. The van der Waals surface area contributed by atoms with Crippen molar-refractivity contribution in [2.75, 3.05) is 0 Å². The molecule has 0 aliphatic heterocycles. The van der Waals surface area contributed by atoms with Crippen molar-refractivity contribution >= 4 is 0 Å². The minimum Gasteiger partial charge on any atom is -0.490 e. The van der Waals surface area contributed by atoms with Gasteiger partial charge in [0.05, 0.1) is 5.54 Å². The summed E-state index contributed by atoms with van der Waals surface area (Å²) >= 11 is 0. The summed E-state index contributed by atoms with van der Waals surface area (Å²) in [6.45, 7) is 2.09. The number of hydrogen-bond donors (Lipinski definition) is 1. The smallest absolute Gasteiger partial charge is 0.127 e. The van der Waals surface area contributed by atoms with Crippen LogP contribution in [-0.4, -0.2) is 6.10 Å². The van der Waals surface area contributed by atoms with E-state index in [4.69, 9.17) is 15.2 Å². The number of ether oxygens (including phenoxy) is 2. The van der Waals surface area contributed by atoms with E-state index >= 15 is 0 Å². The van der Waals surface area contributed by atoms with Gasteiger partial charge in [-0.1, -0.05) is 54.6 Å². The van der Waals surface area contributed by atoms with Gasteiger partial charge < -0.3 is 15.2 Å². The molecule has 1 aliphatic carbocycles. The monoisotopic (exact) mass is 385 g/mol. The highest BCUT2D eigenvalue weighted by Gasteiger charge is 2.29. The van der Waals surface area contributed by atoms with Crippen molar-refractivity contribution in [1.29, 1.82) is 0 Å². The molecular weight excluding hydrogens is 358 g/mol. The van der Waals surface area contributed by atoms with Crippen LogP contribution >= 0.6 is 0 Å². The van der Waals surface area contributed by atoms with Gasteiger partial charge in [-0.15, -0.1) is 0 Å². The molecule has 0 saturated carbocycles. The lowest BCUT2D eigenvalue weighted by Crippen LogP contribution is -2.37. The molecule has 1 aliphatic rings. The maximum absolute atomic E-state index is 6.76. The number of hydrogen-bond acceptors (Lipinski definition) is 3. The van der Waals surface area contributed by atoms with E-state index in [1.807, 2.05) is 72.8 Å². The summed E-state index contributed by atoms with van der Waals surface area (Å²) in [5.41, 5.74) is 8.62. The van der Waals surface area contributed by atoms with Crippen molar-refractivity contribution in [2.24, 2.45) is 5.73 Å². The molecule has 0 fully saturated rings. The highest BCUT2D eigenvalue weighted by Crippen LogP contribution is 2.35. The Morgan fingerprint density at radius 1 is 0.793 bits per heavy atom. The molecule has 0 heterocycles. The average Bonchev–Trinajstić information content (AvgIpc) is 2.76. The number of para-hydroxylation sites is 2. The summed E-state index contributed by atoms with van der Waals surface area (Å²) in [6, 6.07) is 27.9. The summed E-state index contributed by atoms with van der Waals surface area (Å²) in [4.78, 5) is 0. The molecule has 3 nitrogen and oxygen atoms in total. The SMILES string of the molecule is CC(N)(C1=CCC(Oc2ccccc2)CC1)c1ccc(Oc2ccccc2)cc1. The Labute approximate surface area is 172 Å². The molecule has 0 bridgehead atoms. The first-order valence-electron chi connectivity index (χ1n) is 10.1. The molecule has 0 amide bonds. The largest absolute Gasteiger partial charge is 0.490 e. The minimum atomic E-state index is -0.497. The molecule has 2 N–H and O–H groups in total. The Morgan fingerprint density at radius 2 is 1.38 bits per heavy atom. The molecule has 0 saturated heterocycles. The predicted octanol–water partition coefficient (Wildman–Crippen LogP) is 6.21. The molecule has 0 radical (unpaired) electrons. The van der Waals surface area contributed by atoms with E-state index in [-0.39, 0.29) is 6.10 Å². The molecule has 0 spiro atoms. The first-order chi connectivity index (χ1) is 14.1. The van der Waals surface area contributed by atoms with E-state index in [9.17, 15) is 0 Å². The van der Waals surface area contributed by atoms with Gasteiger partial charge in [0, 0.05) is 6.42 Å². The quantitative estimate of drug-likeness (QED) is 0.513. The number of rotatable bonds is 6. The van der Waals surface area contributed by atoms with Crippen LogP contribution in [0.25, 0.3) is 0 Å². The van der Waals surface area contributed by atoms with Crippen LogP contribution in [0, 0.1) is 0 Å². The van der Waals surface area contributed by atoms with Gasteiger partial charge in [0.25, 0.3) is 0 Å². The number of nitrogens with two attached hydrogens (primary N) is 1. The standard InChI is InChI=1S/C26H27NO2/c1-26(27,20-12-16-24(17-13-20)28-22-8-4-2-5-9-22)21-14-18-25(19-15-21)29-23-10-6-3-7-11-23/h2-14,16-17,25H,15,18-19,27H2,1H3. The van der Waals surface area contributed by atoms with Crippen molar-refractivity contribution in [3.63, 3.8) is 0 Å². The average molecular weight is 386 g/mol. The van der Waals surface area contributed by atoms with Gasteiger partial charge >= 0.3 is 0 Å². The second-order valence-electron chi connectivity index (χ2n) is 7.70. The molecule has 3 aromatic carbocycles. The van der Waals surface area contributed by atoms with Crippen LogP contribution in [0.4, 0.5) is 0 Å². The van der Waals surface area contributed by atoms with Crippen LogP contribution in [-0.2, 0) is 5.54 Å². The van der Waals surface area contributed by atoms with Gasteiger partial charge in [-0.25, -0.2) is 0 Å². The molecule has 2 atom stereocenters. The van der Waals surface area contributed by atoms with Crippen LogP contribution in [0.3, 0.4) is 0 Å². The Morgan fingerprint density at radius 3 is 1.97 bits per heavy atom. The summed E-state index contributed by atoms with van der Waals surface area (Å²) in [5.74, 6) is 2.57. The maximum Gasteiger partial charge on any atom is 0.127 e. The zero-order chi connectivity index (χ0) is 20.1. The highest BCUT2D eigenvalue weighted by molar-refractivity contribution is 5.40.